The van der Waals surface area contributed by atoms with Gasteiger partial charge < -0.3 is 14.2 Å². The van der Waals surface area contributed by atoms with Crippen LogP contribution in [0.4, 0.5) is 0 Å². The minimum atomic E-state index is 0.300. The van der Waals surface area contributed by atoms with E-state index in [0.717, 1.165) is 80.4 Å². The van der Waals surface area contributed by atoms with Gasteiger partial charge in [0.05, 0.1) is 17.0 Å². The molecule has 0 radical (unpaired) electrons. The van der Waals surface area contributed by atoms with Crippen LogP contribution in [0, 0.1) is 25.7 Å². The van der Waals surface area contributed by atoms with Gasteiger partial charge in [-0.2, -0.15) is 0 Å². The normalized spacial score (nSPS) is 20.6. The number of aromatic nitrogens is 3. The van der Waals surface area contributed by atoms with Crippen molar-refractivity contribution in [1.29, 1.82) is 0 Å². The lowest BCUT2D eigenvalue weighted by molar-refractivity contribution is -0.132. The van der Waals surface area contributed by atoms with Crippen molar-refractivity contribution in [3.8, 4) is 11.3 Å². The molecule has 0 N–H and O–H groups in total. The van der Waals surface area contributed by atoms with Gasteiger partial charge in [0.2, 0.25) is 5.91 Å². The van der Waals surface area contributed by atoms with Crippen molar-refractivity contribution in [2.24, 2.45) is 11.8 Å². The van der Waals surface area contributed by atoms with E-state index in [9.17, 15) is 4.79 Å². The largest absolute Gasteiger partial charge is 0.381 e. The minimum absolute atomic E-state index is 0.300. The fourth-order valence-corrected chi connectivity index (χ4v) is 4.34. The van der Waals surface area contributed by atoms with Crippen molar-refractivity contribution in [2.75, 3.05) is 26.3 Å². The molecule has 0 bridgehead atoms. The Kier molecular flexibility index (Phi) is 5.71. The van der Waals surface area contributed by atoms with Crippen LogP contribution in [-0.2, 0) is 16.0 Å². The molecule has 4 rings (SSSR count). The molecule has 2 aliphatic rings. The monoisotopic (exact) mass is 384 g/mol. The van der Waals surface area contributed by atoms with Crippen LogP contribution in [0.5, 0.6) is 0 Å². The second kappa shape index (κ2) is 8.39. The minimum Gasteiger partial charge on any atom is -0.381 e. The summed E-state index contributed by atoms with van der Waals surface area (Å²) in [6, 6.07) is 2.03. The van der Waals surface area contributed by atoms with Crippen LogP contribution in [0.1, 0.15) is 42.8 Å². The van der Waals surface area contributed by atoms with E-state index < -0.39 is 0 Å². The zero-order chi connectivity index (χ0) is 19.5. The summed E-state index contributed by atoms with van der Waals surface area (Å²) in [5.74, 6) is 2.01. The van der Waals surface area contributed by atoms with Gasteiger partial charge in [0.15, 0.2) is 0 Å². The van der Waals surface area contributed by atoms with Crippen LogP contribution >= 0.6 is 0 Å². The summed E-state index contributed by atoms with van der Waals surface area (Å²) in [4.78, 5) is 23.5. The van der Waals surface area contributed by atoms with E-state index in [1.807, 2.05) is 24.8 Å². The highest BCUT2D eigenvalue weighted by Gasteiger charge is 2.28. The average molecular weight is 384 g/mol. The number of carbonyl (C=O) groups excluding carboxylic acids is 1. The maximum atomic E-state index is 12.6. The Morgan fingerprint density at radius 2 is 2.00 bits per heavy atom. The molecule has 4 heterocycles. The molecular weight excluding hydrogens is 356 g/mol. The van der Waals surface area contributed by atoms with Gasteiger partial charge in [0.25, 0.3) is 0 Å². The predicted molar refractivity (Wildman–Crippen MR) is 104 cm³/mol. The van der Waals surface area contributed by atoms with E-state index >= 15 is 0 Å². The molecule has 2 aromatic rings. The standard InChI is InChI=1S/C21H28N4O3/c1-14-21(15(2)28-24-14)19-11-18(22-13-23-19)9-17-3-6-25(12-17)20(26)10-16-4-7-27-8-5-16/h11,13,16-17H,3-10,12H2,1-2H3/t17-/m1/s1. The number of hydrogen-bond donors (Lipinski definition) is 0. The second-order valence-corrected chi connectivity index (χ2v) is 8.05. The summed E-state index contributed by atoms with van der Waals surface area (Å²) in [6.07, 6.45) is 6.19. The first kappa shape index (κ1) is 19.1. The molecule has 2 aliphatic heterocycles. The van der Waals surface area contributed by atoms with Crippen molar-refractivity contribution >= 4 is 5.91 Å². The zero-order valence-electron chi connectivity index (χ0n) is 16.7. The molecule has 1 atom stereocenters. The van der Waals surface area contributed by atoms with E-state index in [1.165, 1.54) is 0 Å². The van der Waals surface area contributed by atoms with E-state index in [-0.39, 0.29) is 0 Å². The highest BCUT2D eigenvalue weighted by atomic mass is 16.5. The first-order valence-electron chi connectivity index (χ1n) is 10.2. The number of amides is 1. The van der Waals surface area contributed by atoms with Crippen molar-refractivity contribution in [3.63, 3.8) is 0 Å². The molecule has 0 aromatic carbocycles. The van der Waals surface area contributed by atoms with Crippen molar-refractivity contribution in [2.45, 2.75) is 46.0 Å². The first-order chi connectivity index (χ1) is 13.6. The number of rotatable bonds is 5. The molecular formula is C21H28N4O3. The van der Waals surface area contributed by atoms with E-state index in [1.54, 1.807) is 6.33 Å². The summed E-state index contributed by atoms with van der Waals surface area (Å²) >= 11 is 0. The summed E-state index contributed by atoms with van der Waals surface area (Å²) in [6.45, 7) is 7.09. The quantitative estimate of drug-likeness (QED) is 0.788. The van der Waals surface area contributed by atoms with Crippen LogP contribution in [0.25, 0.3) is 11.3 Å². The number of carbonyl (C=O) groups is 1. The Balaban J connectivity index is 1.35. The van der Waals surface area contributed by atoms with Crippen molar-refractivity contribution < 1.29 is 14.1 Å². The SMILES string of the molecule is Cc1noc(C)c1-c1cc(C[C@H]2CCN(C(=O)CC3CCOCC3)C2)ncn1. The number of ether oxygens (including phenoxy) is 1. The molecule has 150 valence electrons. The molecule has 0 spiro atoms. The second-order valence-electron chi connectivity index (χ2n) is 8.05. The van der Waals surface area contributed by atoms with Gasteiger partial charge in [-0.15, -0.1) is 0 Å². The van der Waals surface area contributed by atoms with E-state index in [0.29, 0.717) is 24.2 Å². The molecule has 7 heteroatoms. The van der Waals surface area contributed by atoms with Gasteiger partial charge >= 0.3 is 0 Å². The molecule has 0 unspecified atom stereocenters. The third-order valence-electron chi connectivity index (χ3n) is 5.95. The molecule has 28 heavy (non-hydrogen) atoms. The number of aryl methyl sites for hydroxylation is 2. The first-order valence-corrected chi connectivity index (χ1v) is 10.2. The lowest BCUT2D eigenvalue weighted by Gasteiger charge is -2.24. The number of likely N-dealkylation sites (tertiary alicyclic amines) is 1. The van der Waals surface area contributed by atoms with Gasteiger partial charge in [-0.3, -0.25) is 4.79 Å². The predicted octanol–water partition coefficient (Wildman–Crippen LogP) is 2.96. The topological polar surface area (TPSA) is 81.4 Å². The van der Waals surface area contributed by atoms with Gasteiger partial charge in [0, 0.05) is 38.4 Å². The lowest BCUT2D eigenvalue weighted by atomic mass is 9.96. The smallest absolute Gasteiger partial charge is 0.222 e. The Morgan fingerprint density at radius 3 is 2.75 bits per heavy atom. The van der Waals surface area contributed by atoms with Gasteiger partial charge in [-0.05, 0) is 57.4 Å². The Morgan fingerprint density at radius 1 is 1.18 bits per heavy atom. The average Bonchev–Trinajstić information content (AvgIpc) is 3.29. The summed E-state index contributed by atoms with van der Waals surface area (Å²) in [5, 5.41) is 4.02. The number of nitrogens with zero attached hydrogens (tertiary/aromatic N) is 4. The maximum absolute atomic E-state index is 12.6. The highest BCUT2D eigenvalue weighted by molar-refractivity contribution is 5.76. The van der Waals surface area contributed by atoms with Crippen LogP contribution in [0.2, 0.25) is 0 Å². The molecule has 2 aromatic heterocycles. The van der Waals surface area contributed by atoms with Gasteiger partial charge in [-0.1, -0.05) is 5.16 Å². The summed E-state index contributed by atoms with van der Waals surface area (Å²) < 4.78 is 10.7. The molecule has 0 saturated carbocycles. The number of hydrogen-bond acceptors (Lipinski definition) is 6. The maximum Gasteiger partial charge on any atom is 0.222 e. The molecule has 0 aliphatic carbocycles. The van der Waals surface area contributed by atoms with Crippen LogP contribution in [-0.4, -0.2) is 52.2 Å². The van der Waals surface area contributed by atoms with Crippen LogP contribution in [0.15, 0.2) is 16.9 Å². The molecule has 2 fully saturated rings. The fourth-order valence-electron chi connectivity index (χ4n) is 4.34. The Bertz CT molecular complexity index is 809. The van der Waals surface area contributed by atoms with Crippen LogP contribution in [0.3, 0.4) is 0 Å². The van der Waals surface area contributed by atoms with Gasteiger partial charge in [0.1, 0.15) is 12.1 Å². The van der Waals surface area contributed by atoms with Gasteiger partial charge in [-0.25, -0.2) is 9.97 Å². The molecule has 2 saturated heterocycles. The Hall–Kier alpha value is -2.28. The van der Waals surface area contributed by atoms with Crippen LogP contribution < -0.4 is 0 Å². The third-order valence-corrected chi connectivity index (χ3v) is 5.95. The summed E-state index contributed by atoms with van der Waals surface area (Å²) in [5.41, 5.74) is 3.65. The van der Waals surface area contributed by atoms with E-state index in [2.05, 4.69) is 15.1 Å². The fraction of sp³-hybridized carbons (Fsp3) is 0.619. The molecule has 1 amide bonds. The van der Waals surface area contributed by atoms with Crippen molar-refractivity contribution in [3.05, 3.63) is 29.5 Å². The van der Waals surface area contributed by atoms with Crippen molar-refractivity contribution in [1.82, 2.24) is 20.0 Å². The highest BCUT2D eigenvalue weighted by Crippen LogP contribution is 2.27. The third kappa shape index (κ3) is 4.24. The van der Waals surface area contributed by atoms with E-state index in [4.69, 9.17) is 9.26 Å². The molecule has 7 nitrogen and oxygen atoms in total. The summed E-state index contributed by atoms with van der Waals surface area (Å²) in [7, 11) is 0. The Labute approximate surface area is 165 Å². The lowest BCUT2D eigenvalue weighted by Crippen LogP contribution is -2.31. The zero-order valence-corrected chi connectivity index (χ0v) is 16.7.